The molecule has 3 unspecified atom stereocenters. The highest BCUT2D eigenvalue weighted by Crippen LogP contribution is 2.39. The Kier molecular flexibility index (Phi) is 3.31. The van der Waals surface area contributed by atoms with Gasteiger partial charge in [-0.25, -0.2) is 15.0 Å². The molecule has 1 aliphatic rings. The van der Waals surface area contributed by atoms with Crippen LogP contribution in [0.1, 0.15) is 6.23 Å². The van der Waals surface area contributed by atoms with Gasteiger partial charge in [0.05, 0.1) is 12.9 Å². The molecule has 3 rings (SSSR count). The second-order valence-electron chi connectivity index (χ2n) is 4.72. The van der Waals surface area contributed by atoms with Gasteiger partial charge in [-0.3, -0.25) is 4.57 Å². The van der Waals surface area contributed by atoms with Gasteiger partial charge >= 0.3 is 0 Å². The van der Waals surface area contributed by atoms with Crippen LogP contribution in [0, 0.1) is 0 Å². The number of aliphatic hydroxyl groups excluding tert-OH is 3. The second kappa shape index (κ2) is 5.05. The van der Waals surface area contributed by atoms with E-state index in [1.807, 2.05) is 0 Å². The van der Waals surface area contributed by atoms with E-state index >= 15 is 0 Å². The fourth-order valence-corrected chi connectivity index (χ4v) is 2.37. The average Bonchev–Trinajstić information content (AvgIpc) is 3.04. The van der Waals surface area contributed by atoms with Crippen LogP contribution in [0.25, 0.3) is 21.6 Å². The van der Waals surface area contributed by atoms with Crippen LogP contribution in [0.15, 0.2) is 17.8 Å². The third-order valence-corrected chi connectivity index (χ3v) is 3.50. The van der Waals surface area contributed by atoms with Crippen molar-refractivity contribution in [1.82, 2.24) is 19.5 Å². The van der Waals surface area contributed by atoms with Crippen molar-refractivity contribution in [3.63, 3.8) is 0 Å². The van der Waals surface area contributed by atoms with E-state index in [9.17, 15) is 15.3 Å². The summed E-state index contributed by atoms with van der Waals surface area (Å²) in [4.78, 5) is 14.3. The molecule has 0 bridgehead atoms. The molecule has 0 aliphatic carbocycles. The number of anilines is 1. The van der Waals surface area contributed by atoms with Crippen molar-refractivity contribution in [3.8, 4) is 0 Å². The van der Waals surface area contributed by atoms with Crippen LogP contribution in [0.4, 0.5) is 5.82 Å². The molecule has 12 nitrogen and oxygen atoms in total. The highest BCUT2D eigenvalue weighted by atomic mass is 16.6. The van der Waals surface area contributed by atoms with Gasteiger partial charge in [0.15, 0.2) is 17.7 Å². The van der Waals surface area contributed by atoms with E-state index in [2.05, 4.69) is 25.0 Å². The van der Waals surface area contributed by atoms with Crippen molar-refractivity contribution >= 4 is 17.0 Å². The van der Waals surface area contributed by atoms with Crippen molar-refractivity contribution in [1.29, 1.82) is 0 Å². The Balaban J connectivity index is 2.08. The number of hydrogen-bond acceptors (Lipinski definition) is 9. The Bertz CT molecular complexity index is 758. The fourth-order valence-electron chi connectivity index (χ4n) is 2.37. The number of imidazole rings is 1. The first-order valence-electron chi connectivity index (χ1n) is 6.18. The van der Waals surface area contributed by atoms with E-state index in [4.69, 9.17) is 16.0 Å². The minimum absolute atomic E-state index is 0.139. The van der Waals surface area contributed by atoms with Crippen molar-refractivity contribution < 1.29 is 20.1 Å². The summed E-state index contributed by atoms with van der Waals surface area (Å²) in [5.41, 5.74) is 12.8. The Morgan fingerprint density at radius 1 is 1.45 bits per heavy atom. The lowest BCUT2D eigenvalue weighted by Gasteiger charge is -2.23. The molecule has 2 aromatic heterocycles. The second-order valence-corrected chi connectivity index (χ2v) is 4.72. The molecule has 22 heavy (non-hydrogen) atoms. The molecule has 116 valence electrons. The minimum atomic E-state index is -1.99. The summed E-state index contributed by atoms with van der Waals surface area (Å²) in [7, 11) is 0. The number of hydrogen-bond donors (Lipinski definition) is 4. The molecular formula is C10H12N8O4. The summed E-state index contributed by atoms with van der Waals surface area (Å²) in [6, 6.07) is 0. The zero-order valence-electron chi connectivity index (χ0n) is 11.1. The first-order valence-corrected chi connectivity index (χ1v) is 6.18. The zero-order valence-corrected chi connectivity index (χ0v) is 11.1. The highest BCUT2D eigenvalue weighted by molar-refractivity contribution is 5.81. The minimum Gasteiger partial charge on any atom is -0.393 e. The van der Waals surface area contributed by atoms with Crippen LogP contribution in [0.2, 0.25) is 0 Å². The molecule has 0 radical (unpaired) electrons. The highest BCUT2D eigenvalue weighted by Gasteiger charge is 2.55. The summed E-state index contributed by atoms with van der Waals surface area (Å²) in [6.45, 7) is -0.810. The maximum Gasteiger partial charge on any atom is 0.200 e. The first-order chi connectivity index (χ1) is 10.5. The predicted octanol–water partition coefficient (Wildman–Crippen LogP) is -1.34. The van der Waals surface area contributed by atoms with Crippen LogP contribution < -0.4 is 5.73 Å². The lowest BCUT2D eigenvalue weighted by molar-refractivity contribution is -0.123. The number of nitrogens with zero attached hydrogens (tertiary/aromatic N) is 7. The number of aromatic nitrogens is 4. The smallest absolute Gasteiger partial charge is 0.200 e. The number of azide groups is 1. The topological polar surface area (TPSA) is 188 Å². The Hall–Kier alpha value is -2.50. The van der Waals surface area contributed by atoms with E-state index in [1.54, 1.807) is 0 Å². The molecule has 0 spiro atoms. The van der Waals surface area contributed by atoms with Gasteiger partial charge in [-0.05, 0) is 5.53 Å². The molecule has 2 aromatic rings. The molecule has 1 saturated heterocycles. The van der Waals surface area contributed by atoms with Gasteiger partial charge in [0, 0.05) is 4.91 Å². The maximum absolute atomic E-state index is 10.2. The zero-order chi connectivity index (χ0) is 15.9. The lowest BCUT2D eigenvalue weighted by atomic mass is 10.1. The van der Waals surface area contributed by atoms with Crippen LogP contribution in [-0.4, -0.2) is 59.4 Å². The lowest BCUT2D eigenvalue weighted by Crippen LogP contribution is -2.44. The maximum atomic E-state index is 10.2. The van der Waals surface area contributed by atoms with E-state index in [0.717, 1.165) is 0 Å². The monoisotopic (exact) mass is 308 g/mol. The molecule has 0 amide bonds. The molecule has 3 heterocycles. The number of nitrogens with two attached hydrogens (primary N) is 1. The predicted molar refractivity (Wildman–Crippen MR) is 70.8 cm³/mol. The summed E-state index contributed by atoms with van der Waals surface area (Å²) < 4.78 is 6.72. The fraction of sp³-hybridized carbons (Fsp3) is 0.500. The van der Waals surface area contributed by atoms with Crippen molar-refractivity contribution in [2.75, 3.05) is 12.3 Å². The van der Waals surface area contributed by atoms with Crippen molar-refractivity contribution in [2.45, 2.75) is 24.2 Å². The SMILES string of the molecule is [N-]=[N+]=N[C@]1(CO)OC(n2cnc3c(N)ncnc32)C(O)C1O. The summed E-state index contributed by atoms with van der Waals surface area (Å²) in [5, 5.41) is 32.8. The van der Waals surface area contributed by atoms with Crippen molar-refractivity contribution in [3.05, 3.63) is 23.1 Å². The van der Waals surface area contributed by atoms with Crippen LogP contribution in [-0.2, 0) is 4.74 Å². The third kappa shape index (κ3) is 1.87. The van der Waals surface area contributed by atoms with Crippen LogP contribution in [0.5, 0.6) is 0 Å². The van der Waals surface area contributed by atoms with E-state index in [0.29, 0.717) is 0 Å². The molecule has 4 atom stereocenters. The van der Waals surface area contributed by atoms with Gasteiger partial charge < -0.3 is 25.8 Å². The largest absolute Gasteiger partial charge is 0.393 e. The first kappa shape index (κ1) is 14.4. The van der Waals surface area contributed by atoms with E-state index < -0.39 is 30.8 Å². The number of ether oxygens (including phenoxy) is 1. The number of fused-ring (bicyclic) bond motifs is 1. The number of rotatable bonds is 3. The number of nitrogen functional groups attached to an aromatic ring is 1. The Morgan fingerprint density at radius 3 is 2.91 bits per heavy atom. The van der Waals surface area contributed by atoms with Crippen LogP contribution >= 0.6 is 0 Å². The number of aliphatic hydroxyl groups is 3. The Labute approximate surface area is 122 Å². The van der Waals surface area contributed by atoms with Gasteiger partial charge in [0.25, 0.3) is 0 Å². The molecule has 12 heteroatoms. The van der Waals surface area contributed by atoms with Gasteiger partial charge in [-0.15, -0.1) is 0 Å². The summed E-state index contributed by atoms with van der Waals surface area (Å²) >= 11 is 0. The van der Waals surface area contributed by atoms with Gasteiger partial charge in [-0.1, -0.05) is 5.11 Å². The quantitative estimate of drug-likeness (QED) is 0.304. The average molecular weight is 308 g/mol. The molecule has 5 N–H and O–H groups in total. The molecule has 0 saturated carbocycles. The summed E-state index contributed by atoms with van der Waals surface area (Å²) in [5.74, 6) is 0.139. The normalized spacial score (nSPS) is 31.3. The standard InChI is InChI=1S/C10H12N8O4/c11-7-4-8(14-2-13-7)18(3-15-4)9-5(20)6(21)10(1-19,22-9)16-17-12/h2-3,5-6,9,19-21H,1H2,(H2,11,13,14)/t5?,6?,9?,10-/m1/s1. The molecule has 1 fully saturated rings. The molecule has 1 aliphatic heterocycles. The van der Waals surface area contributed by atoms with E-state index in [-0.39, 0.29) is 17.0 Å². The van der Waals surface area contributed by atoms with Crippen LogP contribution in [0.3, 0.4) is 0 Å². The van der Waals surface area contributed by atoms with E-state index in [1.165, 1.54) is 17.2 Å². The van der Waals surface area contributed by atoms with Crippen molar-refractivity contribution in [2.24, 2.45) is 5.11 Å². The molecular weight excluding hydrogens is 296 g/mol. The van der Waals surface area contributed by atoms with Gasteiger partial charge in [-0.2, -0.15) is 0 Å². The third-order valence-electron chi connectivity index (χ3n) is 3.50. The molecule has 0 aromatic carbocycles. The van der Waals surface area contributed by atoms with Gasteiger partial charge in [0.1, 0.15) is 24.1 Å². The van der Waals surface area contributed by atoms with Gasteiger partial charge in [0.2, 0.25) is 5.72 Å². The summed E-state index contributed by atoms with van der Waals surface area (Å²) in [6.07, 6.45) is -1.78. The Morgan fingerprint density at radius 2 is 2.23 bits per heavy atom.